The van der Waals surface area contributed by atoms with Gasteiger partial charge >= 0.3 is 99.8 Å². The summed E-state index contributed by atoms with van der Waals surface area (Å²) in [6, 6.07) is 45.6. The maximum absolute atomic E-state index is 6.34. The number of nitrogens with zero attached hydrogens (tertiary/aromatic N) is 4. The molecule has 0 fully saturated rings. The van der Waals surface area contributed by atoms with Crippen molar-refractivity contribution in [3.05, 3.63) is 134 Å². The maximum Gasteiger partial charge on any atom is 0 e. The van der Waals surface area contributed by atoms with Crippen LogP contribution in [0.5, 0.6) is 0 Å². The van der Waals surface area contributed by atoms with E-state index in [0.717, 1.165) is 61.3 Å². The van der Waals surface area contributed by atoms with E-state index in [2.05, 4.69) is 89.2 Å². The van der Waals surface area contributed by atoms with Crippen molar-refractivity contribution in [3.8, 4) is 33.9 Å². The van der Waals surface area contributed by atoms with Crippen molar-refractivity contribution >= 4 is 50.8 Å². The normalized spacial score (nSPS) is 11.5. The quantitative estimate of drug-likeness (QED) is 0.128. The summed E-state index contributed by atoms with van der Waals surface area (Å²) in [5.41, 5.74) is 8.38. The molecule has 0 N–H and O–H groups in total. The van der Waals surface area contributed by atoms with Crippen molar-refractivity contribution in [2.75, 3.05) is 0 Å². The van der Waals surface area contributed by atoms with Gasteiger partial charge in [-0.3, -0.25) is 4.98 Å². The van der Waals surface area contributed by atoms with Crippen LogP contribution in [0.3, 0.4) is 0 Å². The van der Waals surface area contributed by atoms with Gasteiger partial charge in [0.2, 0.25) is 5.71 Å². The summed E-state index contributed by atoms with van der Waals surface area (Å²) in [5.74, 6) is 8.01. The third kappa shape index (κ3) is 6.66. The Kier molecular flexibility index (Phi) is 9.79. The summed E-state index contributed by atoms with van der Waals surface area (Å²) in [5, 5.41) is 2.02. The average Bonchev–Trinajstić information content (AvgIpc) is 3.68. The first kappa shape index (κ1) is 33.5. The van der Waals surface area contributed by atoms with Gasteiger partial charge in [0.15, 0.2) is 0 Å². The van der Waals surface area contributed by atoms with Crippen LogP contribution in [-0.4, -0.2) is 32.8 Å². The molecule has 4 aromatic carbocycles. The van der Waals surface area contributed by atoms with Crippen molar-refractivity contribution in [1.29, 1.82) is 0 Å². The van der Waals surface area contributed by atoms with Gasteiger partial charge < -0.3 is 8.98 Å². The van der Waals surface area contributed by atoms with E-state index in [1.807, 2.05) is 85.1 Å². The first-order valence-corrected chi connectivity index (χ1v) is 23.3. The standard InChI is InChI=1S/C27H20N3O.C14H16GeN.Ir/c1-17(2)30-24-14-7-6-13-23(24)28-26(30)21-12-8-11-19-20-15-16-22(18-9-4-3-5-10-18)29-27(20)31-25(19)21;1-15(2,3)13-9-10-14(16-11-13)12-7-5-4-6-8-12;/h3-11,13-17H,1-2H3;4-7,9-11H,1-3H3;/q2*-1;. The molecule has 4 heterocycles. The molecule has 241 valence electrons. The van der Waals surface area contributed by atoms with Gasteiger partial charge in [0.1, 0.15) is 0 Å². The zero-order valence-corrected chi connectivity index (χ0v) is 32.1. The fourth-order valence-corrected chi connectivity index (χ4v) is 8.02. The number of fused-ring (bicyclic) bond motifs is 4. The molecule has 0 amide bonds. The summed E-state index contributed by atoms with van der Waals surface area (Å²) in [7, 11) is 0. The Bertz CT molecular complexity index is 2310. The van der Waals surface area contributed by atoms with Crippen molar-refractivity contribution < 1.29 is 24.5 Å². The molecule has 0 unspecified atom stereocenters. The molecule has 0 bridgehead atoms. The largest absolute Gasteiger partial charge is 0 e. The number of aromatic nitrogens is 4. The van der Waals surface area contributed by atoms with Crippen molar-refractivity contribution in [1.82, 2.24) is 19.5 Å². The average molecular weight is 866 g/mol. The zero-order valence-electron chi connectivity index (χ0n) is 27.7. The molecule has 5 nitrogen and oxygen atoms in total. The van der Waals surface area contributed by atoms with Gasteiger partial charge in [-0.15, -0.1) is 18.2 Å². The molecule has 0 atom stereocenters. The van der Waals surface area contributed by atoms with Gasteiger partial charge in [0.05, 0.1) is 28.1 Å². The molecule has 0 aliphatic rings. The van der Waals surface area contributed by atoms with E-state index in [-0.39, 0.29) is 26.1 Å². The number of para-hydroxylation sites is 2. The second kappa shape index (κ2) is 14.0. The van der Waals surface area contributed by atoms with E-state index >= 15 is 0 Å². The summed E-state index contributed by atoms with van der Waals surface area (Å²) in [6.45, 7) is 4.34. The summed E-state index contributed by atoms with van der Waals surface area (Å²) in [6.07, 6.45) is 2.04. The third-order valence-corrected chi connectivity index (χ3v) is 12.6. The Morgan fingerprint density at radius 3 is 2.17 bits per heavy atom. The molecule has 0 aliphatic heterocycles. The number of furan rings is 1. The number of hydrogen-bond donors (Lipinski definition) is 0. The first-order valence-electron chi connectivity index (χ1n) is 16.0. The number of rotatable bonds is 5. The topological polar surface area (TPSA) is 56.7 Å². The van der Waals surface area contributed by atoms with Crippen LogP contribution in [0, 0.1) is 12.1 Å². The molecular formula is C41H36GeIrN4O-2. The molecule has 0 saturated heterocycles. The molecule has 4 aromatic heterocycles. The van der Waals surface area contributed by atoms with Gasteiger partial charge in [0, 0.05) is 37.1 Å². The van der Waals surface area contributed by atoms with Crippen LogP contribution >= 0.6 is 0 Å². The fourth-order valence-electron chi connectivity index (χ4n) is 5.85. The van der Waals surface area contributed by atoms with E-state index in [0.29, 0.717) is 5.71 Å². The maximum atomic E-state index is 6.34. The summed E-state index contributed by atoms with van der Waals surface area (Å²) >= 11 is -1.72. The minimum atomic E-state index is -1.72. The predicted molar refractivity (Wildman–Crippen MR) is 196 cm³/mol. The van der Waals surface area contributed by atoms with Crippen LogP contribution in [0.2, 0.25) is 17.3 Å². The minimum absolute atomic E-state index is 0. The molecule has 1 radical (unpaired) electrons. The minimum Gasteiger partial charge on any atom is 0 e. The molecule has 8 aromatic rings. The van der Waals surface area contributed by atoms with Crippen LogP contribution < -0.4 is 4.40 Å². The van der Waals surface area contributed by atoms with Crippen LogP contribution in [-0.2, 0) is 20.1 Å². The third-order valence-electron chi connectivity index (χ3n) is 8.32. The van der Waals surface area contributed by atoms with E-state index in [9.17, 15) is 0 Å². The van der Waals surface area contributed by atoms with Crippen molar-refractivity contribution in [2.24, 2.45) is 0 Å². The molecule has 48 heavy (non-hydrogen) atoms. The molecule has 0 aliphatic carbocycles. The monoisotopic (exact) mass is 867 g/mol. The Balaban J connectivity index is 0.000000201. The summed E-state index contributed by atoms with van der Waals surface area (Å²) < 4.78 is 10.0. The molecular weight excluding hydrogens is 829 g/mol. The second-order valence-corrected chi connectivity index (χ2v) is 23.6. The van der Waals surface area contributed by atoms with Crippen LogP contribution in [0.15, 0.2) is 126 Å². The van der Waals surface area contributed by atoms with E-state index < -0.39 is 13.3 Å². The van der Waals surface area contributed by atoms with Gasteiger partial charge in [-0.25, -0.2) is 4.98 Å². The Morgan fingerprint density at radius 2 is 1.46 bits per heavy atom. The SMILES string of the molecule is CC(C)n1c(-c2[c-]ccc3c2oc2nc(-c4ccccc4)ccc23)nc2ccccc21.[CH3][Ge]([CH3])([CH3])[c]1ccc(-c2[c-]cccc2)nc1.[Ir]. The number of pyridine rings is 2. The number of hydrogen-bond acceptors (Lipinski definition) is 4. The van der Waals surface area contributed by atoms with Crippen LogP contribution in [0.25, 0.3) is 67.0 Å². The van der Waals surface area contributed by atoms with Gasteiger partial charge in [0.25, 0.3) is 0 Å². The Labute approximate surface area is 297 Å². The predicted octanol–water partition coefficient (Wildman–Crippen LogP) is 10.1. The molecule has 8 rings (SSSR count). The van der Waals surface area contributed by atoms with E-state index in [1.165, 1.54) is 4.40 Å². The van der Waals surface area contributed by atoms with E-state index in [1.54, 1.807) is 0 Å². The first-order chi connectivity index (χ1) is 22.8. The van der Waals surface area contributed by atoms with Gasteiger partial charge in [-0.1, -0.05) is 53.4 Å². The summed E-state index contributed by atoms with van der Waals surface area (Å²) in [4.78, 5) is 14.3. The fraction of sp³-hybridized carbons (Fsp3) is 0.146. The Morgan fingerprint density at radius 1 is 0.708 bits per heavy atom. The van der Waals surface area contributed by atoms with Crippen molar-refractivity contribution in [3.63, 3.8) is 0 Å². The number of imidazole rings is 1. The molecule has 0 saturated carbocycles. The molecule has 7 heteroatoms. The zero-order chi connectivity index (χ0) is 32.5. The van der Waals surface area contributed by atoms with Crippen molar-refractivity contribution in [2.45, 2.75) is 37.2 Å². The van der Waals surface area contributed by atoms with Crippen LogP contribution in [0.1, 0.15) is 19.9 Å². The Hall–Kier alpha value is -4.36. The van der Waals surface area contributed by atoms with Gasteiger partial charge in [-0.2, -0.15) is 0 Å². The number of benzene rings is 4. The molecule has 0 spiro atoms. The van der Waals surface area contributed by atoms with Crippen LogP contribution in [0.4, 0.5) is 0 Å². The van der Waals surface area contributed by atoms with Gasteiger partial charge in [-0.05, 0) is 38.1 Å². The smallest absolute Gasteiger partial charge is 0 e. The van der Waals surface area contributed by atoms with E-state index in [4.69, 9.17) is 14.4 Å². The second-order valence-electron chi connectivity index (χ2n) is 13.0.